The molecule has 1 amide bonds. The Morgan fingerprint density at radius 3 is 2.16 bits per heavy atom. The van der Waals surface area contributed by atoms with Gasteiger partial charge in [0.1, 0.15) is 0 Å². The second-order valence-corrected chi connectivity index (χ2v) is 6.56. The lowest BCUT2D eigenvalue weighted by Crippen LogP contribution is -2.21. The van der Waals surface area contributed by atoms with Gasteiger partial charge in [0.25, 0.3) is 5.91 Å². The van der Waals surface area contributed by atoms with Crippen molar-refractivity contribution in [3.8, 4) is 11.6 Å². The average Bonchev–Trinajstić information content (AvgIpc) is 3.14. The van der Waals surface area contributed by atoms with Gasteiger partial charge in [-0.15, -0.1) is 0 Å². The van der Waals surface area contributed by atoms with E-state index in [1.807, 2.05) is 19.1 Å². The maximum absolute atomic E-state index is 12.6. The highest BCUT2D eigenvalue weighted by Crippen LogP contribution is 2.30. The SMILES string of the molecule is COC(=O)C(=NC(=O)c1ccccc1)c1c(C(=O)OC)cn(-c2ccc(C)cc2)c1O. The number of benzene rings is 2. The molecule has 3 aromatic rings. The van der Waals surface area contributed by atoms with Crippen molar-refractivity contribution >= 4 is 23.6 Å². The molecule has 0 aliphatic carbocycles. The van der Waals surface area contributed by atoms with Crippen molar-refractivity contribution in [3.63, 3.8) is 0 Å². The molecule has 0 saturated carbocycles. The number of aromatic hydroxyl groups is 1. The molecule has 0 spiro atoms. The molecule has 0 radical (unpaired) electrons. The molecule has 2 aromatic carbocycles. The minimum atomic E-state index is -0.994. The maximum Gasteiger partial charge on any atom is 0.357 e. The molecule has 0 bridgehead atoms. The summed E-state index contributed by atoms with van der Waals surface area (Å²) in [6, 6.07) is 15.2. The molecule has 8 heteroatoms. The van der Waals surface area contributed by atoms with Crippen molar-refractivity contribution < 1.29 is 29.0 Å². The third-order valence-corrected chi connectivity index (χ3v) is 4.55. The number of carbonyl (C=O) groups excluding carboxylic acids is 3. The average molecular weight is 420 g/mol. The summed E-state index contributed by atoms with van der Waals surface area (Å²) >= 11 is 0. The van der Waals surface area contributed by atoms with Crippen molar-refractivity contribution in [1.29, 1.82) is 0 Å². The van der Waals surface area contributed by atoms with Gasteiger partial charge in [0.05, 0.1) is 25.3 Å². The molecule has 1 heterocycles. The van der Waals surface area contributed by atoms with Crippen LogP contribution in [0.4, 0.5) is 0 Å². The van der Waals surface area contributed by atoms with Gasteiger partial charge in [-0.2, -0.15) is 0 Å². The molecule has 1 aromatic heterocycles. The fourth-order valence-electron chi connectivity index (χ4n) is 2.94. The Morgan fingerprint density at radius 1 is 0.935 bits per heavy atom. The number of hydrogen-bond donors (Lipinski definition) is 1. The highest BCUT2D eigenvalue weighted by atomic mass is 16.5. The van der Waals surface area contributed by atoms with Crippen LogP contribution in [0, 0.1) is 6.92 Å². The number of amides is 1. The Bertz CT molecular complexity index is 1160. The van der Waals surface area contributed by atoms with Crippen LogP contribution in [0.25, 0.3) is 5.69 Å². The standard InChI is InChI=1S/C23H20N2O6/c1-14-9-11-16(12-10-14)25-13-17(22(28)30-2)18(21(25)27)19(23(29)31-3)24-20(26)15-7-5-4-6-8-15/h4-13,27H,1-3H3. The van der Waals surface area contributed by atoms with E-state index in [-0.39, 0.29) is 16.7 Å². The van der Waals surface area contributed by atoms with E-state index in [0.717, 1.165) is 19.8 Å². The van der Waals surface area contributed by atoms with E-state index in [2.05, 4.69) is 4.99 Å². The summed E-state index contributed by atoms with van der Waals surface area (Å²) in [7, 11) is 2.27. The summed E-state index contributed by atoms with van der Waals surface area (Å²) in [5.41, 5.74) is 0.822. The van der Waals surface area contributed by atoms with Gasteiger partial charge in [-0.25, -0.2) is 14.6 Å². The minimum Gasteiger partial charge on any atom is -0.494 e. The number of aryl methyl sites for hydroxylation is 1. The Hall–Kier alpha value is -4.20. The van der Waals surface area contributed by atoms with E-state index in [1.54, 1.807) is 30.3 Å². The lowest BCUT2D eigenvalue weighted by atomic mass is 10.1. The van der Waals surface area contributed by atoms with Crippen LogP contribution in [0.1, 0.15) is 31.8 Å². The number of aromatic nitrogens is 1. The second-order valence-electron chi connectivity index (χ2n) is 6.56. The molecule has 1 N–H and O–H groups in total. The van der Waals surface area contributed by atoms with E-state index in [0.29, 0.717) is 5.69 Å². The maximum atomic E-state index is 12.6. The number of rotatable bonds is 5. The third kappa shape index (κ3) is 4.37. The molecule has 158 valence electrons. The minimum absolute atomic E-state index is 0.148. The zero-order valence-corrected chi connectivity index (χ0v) is 17.2. The smallest absolute Gasteiger partial charge is 0.357 e. The van der Waals surface area contributed by atoms with Crippen LogP contribution in [-0.2, 0) is 14.3 Å². The summed E-state index contributed by atoms with van der Waals surface area (Å²) in [4.78, 5) is 41.4. The third-order valence-electron chi connectivity index (χ3n) is 4.55. The number of aliphatic imine (C=N–C) groups is 1. The number of esters is 2. The van der Waals surface area contributed by atoms with Crippen molar-refractivity contribution in [1.82, 2.24) is 4.57 Å². The summed E-state index contributed by atoms with van der Waals surface area (Å²) in [5, 5.41) is 10.9. The van der Waals surface area contributed by atoms with Crippen molar-refractivity contribution in [2.75, 3.05) is 14.2 Å². The zero-order valence-electron chi connectivity index (χ0n) is 17.2. The molecular weight excluding hydrogens is 400 g/mol. The van der Waals surface area contributed by atoms with E-state index >= 15 is 0 Å². The number of hydrogen-bond acceptors (Lipinski definition) is 6. The molecule has 0 aliphatic rings. The van der Waals surface area contributed by atoms with Gasteiger partial charge in [0, 0.05) is 17.4 Å². The number of carbonyl (C=O) groups is 3. The number of nitrogens with zero attached hydrogens (tertiary/aromatic N) is 2. The number of ether oxygens (including phenoxy) is 2. The van der Waals surface area contributed by atoms with E-state index in [9.17, 15) is 19.5 Å². The Kier molecular flexibility index (Phi) is 6.30. The fraction of sp³-hybridized carbons (Fsp3) is 0.130. The van der Waals surface area contributed by atoms with E-state index < -0.39 is 29.4 Å². The van der Waals surface area contributed by atoms with Gasteiger partial charge in [-0.1, -0.05) is 35.9 Å². The normalized spacial score (nSPS) is 11.1. The highest BCUT2D eigenvalue weighted by molar-refractivity contribution is 6.46. The summed E-state index contributed by atoms with van der Waals surface area (Å²) in [5.74, 6) is -3.01. The van der Waals surface area contributed by atoms with E-state index in [1.165, 1.54) is 22.9 Å². The zero-order chi connectivity index (χ0) is 22.5. The molecule has 0 aliphatic heterocycles. The van der Waals surface area contributed by atoms with Crippen LogP contribution < -0.4 is 0 Å². The molecule has 31 heavy (non-hydrogen) atoms. The predicted octanol–water partition coefficient (Wildman–Crippen LogP) is 3.08. The van der Waals surface area contributed by atoms with Crippen LogP contribution in [0.3, 0.4) is 0 Å². The first-order valence-electron chi connectivity index (χ1n) is 9.23. The van der Waals surface area contributed by atoms with Crippen molar-refractivity contribution in [2.45, 2.75) is 6.92 Å². The summed E-state index contributed by atoms with van der Waals surface area (Å²) in [6.07, 6.45) is 1.31. The topological polar surface area (TPSA) is 107 Å². The van der Waals surface area contributed by atoms with Gasteiger partial charge >= 0.3 is 11.9 Å². The van der Waals surface area contributed by atoms with Crippen LogP contribution in [-0.4, -0.2) is 47.5 Å². The molecule has 0 unspecified atom stereocenters. The van der Waals surface area contributed by atoms with Gasteiger partial charge in [-0.05, 0) is 31.2 Å². The summed E-state index contributed by atoms with van der Waals surface area (Å²) < 4.78 is 10.9. The Labute approximate surface area is 178 Å². The molecule has 3 rings (SSSR count). The number of methoxy groups -OCH3 is 2. The molecule has 0 saturated heterocycles. The van der Waals surface area contributed by atoms with Gasteiger partial charge in [-0.3, -0.25) is 9.36 Å². The Morgan fingerprint density at radius 2 is 1.58 bits per heavy atom. The first-order chi connectivity index (χ1) is 14.9. The molecular formula is C23H20N2O6. The van der Waals surface area contributed by atoms with Crippen LogP contribution >= 0.6 is 0 Å². The first kappa shape index (κ1) is 21.5. The van der Waals surface area contributed by atoms with Gasteiger partial charge < -0.3 is 14.6 Å². The second kappa shape index (κ2) is 9.08. The molecule has 8 nitrogen and oxygen atoms in total. The van der Waals surface area contributed by atoms with Crippen LogP contribution in [0.5, 0.6) is 5.88 Å². The van der Waals surface area contributed by atoms with Crippen LogP contribution in [0.2, 0.25) is 0 Å². The Balaban J connectivity index is 2.23. The van der Waals surface area contributed by atoms with Crippen molar-refractivity contribution in [2.24, 2.45) is 4.99 Å². The lowest BCUT2D eigenvalue weighted by molar-refractivity contribution is -0.132. The largest absolute Gasteiger partial charge is 0.494 e. The monoisotopic (exact) mass is 420 g/mol. The predicted molar refractivity (Wildman–Crippen MR) is 113 cm³/mol. The van der Waals surface area contributed by atoms with Crippen LogP contribution in [0.15, 0.2) is 65.8 Å². The van der Waals surface area contributed by atoms with Gasteiger partial charge in [0.2, 0.25) is 5.88 Å². The van der Waals surface area contributed by atoms with E-state index in [4.69, 9.17) is 9.47 Å². The first-order valence-corrected chi connectivity index (χ1v) is 9.23. The van der Waals surface area contributed by atoms with Gasteiger partial charge in [0.15, 0.2) is 5.71 Å². The van der Waals surface area contributed by atoms with Crippen molar-refractivity contribution in [3.05, 3.63) is 83.0 Å². The molecule has 0 fully saturated rings. The fourth-order valence-corrected chi connectivity index (χ4v) is 2.94. The highest BCUT2D eigenvalue weighted by Gasteiger charge is 2.31. The molecule has 0 atom stereocenters. The quantitative estimate of drug-likeness (QED) is 0.502. The lowest BCUT2D eigenvalue weighted by Gasteiger charge is -2.08. The summed E-state index contributed by atoms with van der Waals surface area (Å²) in [6.45, 7) is 1.90.